The van der Waals surface area contributed by atoms with Gasteiger partial charge >= 0.3 is 0 Å². The van der Waals surface area contributed by atoms with Crippen LogP contribution in [0.2, 0.25) is 0 Å². The zero-order chi connectivity index (χ0) is 20.4. The van der Waals surface area contributed by atoms with E-state index in [0.29, 0.717) is 23.4 Å². The third-order valence-electron chi connectivity index (χ3n) is 4.85. The van der Waals surface area contributed by atoms with Crippen LogP contribution in [-0.4, -0.2) is 33.3 Å². The van der Waals surface area contributed by atoms with Gasteiger partial charge < -0.3 is 10.6 Å². The summed E-state index contributed by atoms with van der Waals surface area (Å²) in [6, 6.07) is 8.47. The average molecular weight is 429 g/mol. The first-order valence-electron chi connectivity index (χ1n) is 9.38. The van der Waals surface area contributed by atoms with Crippen molar-refractivity contribution in [3.8, 4) is 0 Å². The molecule has 29 heavy (non-hydrogen) atoms. The van der Waals surface area contributed by atoms with Gasteiger partial charge in [0.25, 0.3) is 11.8 Å². The first kappa shape index (κ1) is 19.6. The molecule has 2 N–H and O–H groups in total. The Morgan fingerprint density at radius 1 is 1.07 bits per heavy atom. The SMILES string of the molecule is O=C(NCCCNC(=O)c1cc2c(s1)C=CCC2)C1=Cc2ccccc2S1(=O)=O. The number of thiophene rings is 1. The lowest BCUT2D eigenvalue weighted by Gasteiger charge is -2.07. The average Bonchev–Trinajstić information content (AvgIpc) is 3.26. The Balaban J connectivity index is 1.25. The fourth-order valence-corrected chi connectivity index (χ4v) is 5.95. The van der Waals surface area contributed by atoms with E-state index in [0.717, 1.165) is 17.7 Å². The predicted octanol–water partition coefficient (Wildman–Crippen LogP) is 2.77. The van der Waals surface area contributed by atoms with Gasteiger partial charge in [0.15, 0.2) is 0 Å². The van der Waals surface area contributed by atoms with E-state index in [-0.39, 0.29) is 22.3 Å². The zero-order valence-electron chi connectivity index (χ0n) is 15.6. The number of nitrogens with one attached hydrogen (secondary N) is 2. The number of benzene rings is 1. The van der Waals surface area contributed by atoms with E-state index >= 15 is 0 Å². The van der Waals surface area contributed by atoms with E-state index < -0.39 is 15.7 Å². The van der Waals surface area contributed by atoms with Gasteiger partial charge in [-0.3, -0.25) is 9.59 Å². The molecule has 0 radical (unpaired) electrons. The summed E-state index contributed by atoms with van der Waals surface area (Å²) in [4.78, 5) is 26.3. The van der Waals surface area contributed by atoms with Crippen LogP contribution >= 0.6 is 11.3 Å². The van der Waals surface area contributed by atoms with Crippen molar-refractivity contribution in [1.82, 2.24) is 10.6 Å². The number of aryl methyl sites for hydroxylation is 1. The van der Waals surface area contributed by atoms with Crippen LogP contribution in [0, 0.1) is 0 Å². The minimum absolute atomic E-state index is 0.124. The van der Waals surface area contributed by atoms with Crippen molar-refractivity contribution in [3.63, 3.8) is 0 Å². The monoisotopic (exact) mass is 428 g/mol. The van der Waals surface area contributed by atoms with Gasteiger partial charge in [0, 0.05) is 18.0 Å². The summed E-state index contributed by atoms with van der Waals surface area (Å²) in [6.45, 7) is 0.662. The van der Waals surface area contributed by atoms with Gasteiger partial charge in [-0.15, -0.1) is 11.3 Å². The molecule has 2 aliphatic rings. The summed E-state index contributed by atoms with van der Waals surface area (Å²) < 4.78 is 24.9. The summed E-state index contributed by atoms with van der Waals surface area (Å²) in [5, 5.41) is 5.47. The van der Waals surface area contributed by atoms with E-state index in [1.54, 1.807) is 18.2 Å². The number of carbonyl (C=O) groups is 2. The molecule has 2 heterocycles. The van der Waals surface area contributed by atoms with Crippen LogP contribution in [0.4, 0.5) is 0 Å². The van der Waals surface area contributed by atoms with Crippen molar-refractivity contribution in [2.45, 2.75) is 24.2 Å². The lowest BCUT2D eigenvalue weighted by molar-refractivity contribution is -0.116. The largest absolute Gasteiger partial charge is 0.351 e. The van der Waals surface area contributed by atoms with Gasteiger partial charge in [-0.25, -0.2) is 8.42 Å². The quantitative estimate of drug-likeness (QED) is 0.692. The molecule has 1 aliphatic carbocycles. The highest BCUT2D eigenvalue weighted by Crippen LogP contribution is 2.32. The molecule has 0 fully saturated rings. The Morgan fingerprint density at radius 3 is 2.59 bits per heavy atom. The summed E-state index contributed by atoms with van der Waals surface area (Å²) in [5.41, 5.74) is 1.74. The third kappa shape index (κ3) is 3.90. The van der Waals surface area contributed by atoms with E-state index in [1.165, 1.54) is 29.0 Å². The highest BCUT2D eigenvalue weighted by Gasteiger charge is 2.33. The molecule has 0 unspecified atom stereocenters. The van der Waals surface area contributed by atoms with E-state index in [1.807, 2.05) is 6.07 Å². The van der Waals surface area contributed by atoms with Crippen molar-refractivity contribution < 1.29 is 18.0 Å². The Morgan fingerprint density at radius 2 is 1.83 bits per heavy atom. The predicted molar refractivity (Wildman–Crippen MR) is 113 cm³/mol. The number of fused-ring (bicyclic) bond motifs is 2. The van der Waals surface area contributed by atoms with Gasteiger partial charge in [-0.2, -0.15) is 0 Å². The zero-order valence-corrected chi connectivity index (χ0v) is 17.2. The number of hydrogen-bond donors (Lipinski definition) is 2. The fourth-order valence-electron chi connectivity index (χ4n) is 3.36. The first-order valence-corrected chi connectivity index (χ1v) is 11.7. The number of amides is 2. The lowest BCUT2D eigenvalue weighted by atomic mass is 10.1. The maximum atomic E-state index is 12.5. The molecule has 0 atom stereocenters. The van der Waals surface area contributed by atoms with Crippen molar-refractivity contribution in [2.75, 3.05) is 13.1 Å². The van der Waals surface area contributed by atoms with Crippen LogP contribution in [0.1, 0.15) is 38.5 Å². The second kappa shape index (κ2) is 7.96. The van der Waals surface area contributed by atoms with Crippen LogP contribution in [0.15, 0.2) is 46.2 Å². The van der Waals surface area contributed by atoms with Crippen molar-refractivity contribution in [1.29, 1.82) is 0 Å². The Labute approximate surface area is 173 Å². The molecule has 0 spiro atoms. The number of carbonyl (C=O) groups excluding carboxylic acids is 2. The standard InChI is InChI=1S/C21H20N2O4S2/c24-20(17-12-14-6-1-3-8-16(14)28-17)22-10-5-11-23-21(25)19-13-15-7-2-4-9-18(15)29(19,26)27/h2-4,7-9,12-13H,1,5-6,10-11H2,(H,22,24)(H,23,25). The van der Waals surface area contributed by atoms with Crippen molar-refractivity contribution in [3.05, 3.63) is 62.2 Å². The minimum atomic E-state index is -3.76. The molecule has 1 aliphatic heterocycles. The molecular formula is C21H20N2O4S2. The van der Waals surface area contributed by atoms with Crippen LogP contribution in [-0.2, 0) is 21.1 Å². The Kier molecular flexibility index (Phi) is 5.38. The van der Waals surface area contributed by atoms with E-state index in [4.69, 9.17) is 0 Å². The molecule has 1 aromatic carbocycles. The van der Waals surface area contributed by atoms with Gasteiger partial charge in [-0.05, 0) is 54.7 Å². The first-order chi connectivity index (χ1) is 14.0. The van der Waals surface area contributed by atoms with Crippen molar-refractivity contribution in [2.24, 2.45) is 0 Å². The smallest absolute Gasteiger partial charge is 0.263 e. The Hall–Kier alpha value is -2.71. The molecule has 2 amide bonds. The highest BCUT2D eigenvalue weighted by molar-refractivity contribution is 7.96. The summed E-state index contributed by atoms with van der Waals surface area (Å²) in [6.07, 6.45) is 8.03. The normalized spacial score (nSPS) is 15.9. The number of sulfone groups is 1. The fraction of sp³-hybridized carbons (Fsp3) is 0.238. The topological polar surface area (TPSA) is 92.3 Å². The van der Waals surface area contributed by atoms with Crippen LogP contribution in [0.5, 0.6) is 0 Å². The number of allylic oxidation sites excluding steroid dienone is 1. The Bertz CT molecular complexity index is 1140. The molecule has 0 saturated carbocycles. The number of hydrogen-bond acceptors (Lipinski definition) is 5. The van der Waals surface area contributed by atoms with Crippen LogP contribution in [0.25, 0.3) is 12.2 Å². The lowest BCUT2D eigenvalue weighted by Crippen LogP contribution is -2.31. The molecular weight excluding hydrogens is 408 g/mol. The van der Waals surface area contributed by atoms with Gasteiger partial charge in [0.1, 0.15) is 4.91 Å². The molecule has 0 saturated heterocycles. The maximum absolute atomic E-state index is 12.5. The third-order valence-corrected chi connectivity index (χ3v) is 7.82. The maximum Gasteiger partial charge on any atom is 0.263 e. The van der Waals surface area contributed by atoms with E-state index in [9.17, 15) is 18.0 Å². The molecule has 150 valence electrons. The van der Waals surface area contributed by atoms with Gasteiger partial charge in [-0.1, -0.05) is 24.3 Å². The minimum Gasteiger partial charge on any atom is -0.351 e. The molecule has 4 rings (SSSR count). The van der Waals surface area contributed by atoms with Gasteiger partial charge in [0.2, 0.25) is 9.84 Å². The van der Waals surface area contributed by atoms with Crippen molar-refractivity contribution >= 4 is 45.1 Å². The second-order valence-electron chi connectivity index (χ2n) is 6.86. The van der Waals surface area contributed by atoms with Crippen LogP contribution < -0.4 is 10.6 Å². The van der Waals surface area contributed by atoms with Crippen LogP contribution in [0.3, 0.4) is 0 Å². The highest BCUT2D eigenvalue weighted by atomic mass is 32.2. The summed E-state index contributed by atoms with van der Waals surface area (Å²) >= 11 is 1.48. The molecule has 6 nitrogen and oxygen atoms in total. The summed E-state index contributed by atoms with van der Waals surface area (Å²) in [7, 11) is -3.76. The molecule has 1 aromatic heterocycles. The van der Waals surface area contributed by atoms with E-state index in [2.05, 4.69) is 22.8 Å². The molecule has 0 bridgehead atoms. The second-order valence-corrected chi connectivity index (χ2v) is 9.83. The number of rotatable bonds is 6. The van der Waals surface area contributed by atoms with Gasteiger partial charge in [0.05, 0.1) is 9.77 Å². The molecule has 2 aromatic rings. The molecule has 8 heteroatoms. The summed E-state index contributed by atoms with van der Waals surface area (Å²) in [5.74, 6) is -0.745.